The van der Waals surface area contributed by atoms with E-state index in [9.17, 15) is 0 Å². The Hall–Kier alpha value is -3.22. The van der Waals surface area contributed by atoms with Crippen LogP contribution in [-0.4, -0.2) is 48.6 Å². The summed E-state index contributed by atoms with van der Waals surface area (Å²) in [5.41, 5.74) is 5.26. The highest BCUT2D eigenvalue weighted by atomic mass is 35.5. The molecule has 0 spiro atoms. The molecule has 3 aliphatic rings. The first-order valence-corrected chi connectivity index (χ1v) is 11.2. The third-order valence-corrected chi connectivity index (χ3v) is 6.37. The second kappa shape index (κ2) is 8.04. The molecule has 0 bridgehead atoms. The first-order chi connectivity index (χ1) is 15.7. The molecule has 7 heteroatoms. The standard InChI is InChI=1S/C25H23ClN4O2/c26-18-6-7-21-22(14-18)28-25(19-3-1-2-4-20(19)27-21)30-11-9-29(10-12-30)15-17-5-8-23-24(13-17)32-16-31-23/h1-8,13-14,27H,9-12,15-16H2. The summed E-state index contributed by atoms with van der Waals surface area (Å²) in [5, 5.41) is 4.22. The van der Waals surface area contributed by atoms with E-state index in [-0.39, 0.29) is 0 Å². The highest BCUT2D eigenvalue weighted by molar-refractivity contribution is 6.31. The molecule has 162 valence electrons. The number of para-hydroxylation sites is 1. The largest absolute Gasteiger partial charge is 0.454 e. The van der Waals surface area contributed by atoms with Crippen molar-refractivity contribution >= 4 is 34.5 Å². The lowest BCUT2D eigenvalue weighted by Crippen LogP contribution is -2.48. The van der Waals surface area contributed by atoms with Crippen molar-refractivity contribution < 1.29 is 9.47 Å². The van der Waals surface area contributed by atoms with Gasteiger partial charge in [0.2, 0.25) is 6.79 Å². The predicted octanol–water partition coefficient (Wildman–Crippen LogP) is 5.02. The number of piperazine rings is 1. The summed E-state index contributed by atoms with van der Waals surface area (Å²) in [4.78, 5) is 9.91. The van der Waals surface area contributed by atoms with Crippen LogP contribution in [-0.2, 0) is 6.54 Å². The molecule has 0 unspecified atom stereocenters. The number of anilines is 2. The van der Waals surface area contributed by atoms with Crippen LogP contribution in [0.5, 0.6) is 11.5 Å². The van der Waals surface area contributed by atoms with Gasteiger partial charge in [-0.05, 0) is 48.0 Å². The van der Waals surface area contributed by atoms with Crippen LogP contribution in [0.2, 0.25) is 5.02 Å². The zero-order valence-corrected chi connectivity index (χ0v) is 18.3. The Bertz CT molecular complexity index is 1200. The number of nitrogens with zero attached hydrogens (tertiary/aromatic N) is 3. The molecular formula is C25H23ClN4O2. The lowest BCUT2D eigenvalue weighted by Gasteiger charge is -2.36. The summed E-state index contributed by atoms with van der Waals surface area (Å²) in [6, 6.07) is 20.4. The van der Waals surface area contributed by atoms with E-state index < -0.39 is 0 Å². The van der Waals surface area contributed by atoms with Crippen molar-refractivity contribution in [1.29, 1.82) is 0 Å². The molecule has 3 aliphatic heterocycles. The monoisotopic (exact) mass is 446 g/mol. The molecule has 3 heterocycles. The second-order valence-electron chi connectivity index (χ2n) is 8.22. The first-order valence-electron chi connectivity index (χ1n) is 10.8. The Kier molecular flexibility index (Phi) is 4.89. The number of rotatable bonds is 2. The number of nitrogens with one attached hydrogen (secondary N) is 1. The number of fused-ring (bicyclic) bond motifs is 3. The molecule has 0 saturated carbocycles. The Morgan fingerprint density at radius 3 is 2.62 bits per heavy atom. The molecule has 1 N–H and O–H groups in total. The van der Waals surface area contributed by atoms with E-state index in [0.717, 1.165) is 72.7 Å². The number of ether oxygens (including phenoxy) is 2. The Morgan fingerprint density at radius 1 is 0.875 bits per heavy atom. The summed E-state index contributed by atoms with van der Waals surface area (Å²) >= 11 is 6.27. The number of benzene rings is 3. The van der Waals surface area contributed by atoms with Crippen molar-refractivity contribution in [2.24, 2.45) is 4.99 Å². The van der Waals surface area contributed by atoms with Crippen LogP contribution in [0, 0.1) is 0 Å². The minimum Gasteiger partial charge on any atom is -0.454 e. The molecule has 0 aliphatic carbocycles. The second-order valence-corrected chi connectivity index (χ2v) is 8.65. The van der Waals surface area contributed by atoms with Gasteiger partial charge in [-0.15, -0.1) is 0 Å². The van der Waals surface area contributed by atoms with Crippen molar-refractivity contribution in [2.45, 2.75) is 6.54 Å². The predicted molar refractivity (Wildman–Crippen MR) is 127 cm³/mol. The molecule has 6 rings (SSSR count). The maximum absolute atomic E-state index is 6.27. The van der Waals surface area contributed by atoms with Crippen LogP contribution in [0.3, 0.4) is 0 Å². The lowest BCUT2D eigenvalue weighted by atomic mass is 10.1. The van der Waals surface area contributed by atoms with Gasteiger partial charge in [0.15, 0.2) is 11.5 Å². The molecular weight excluding hydrogens is 424 g/mol. The Labute approximate surface area is 192 Å². The minimum atomic E-state index is 0.310. The quantitative estimate of drug-likeness (QED) is 0.598. The highest BCUT2D eigenvalue weighted by Crippen LogP contribution is 2.37. The third-order valence-electron chi connectivity index (χ3n) is 6.14. The fourth-order valence-electron chi connectivity index (χ4n) is 4.47. The van der Waals surface area contributed by atoms with Crippen LogP contribution >= 0.6 is 11.6 Å². The molecule has 6 nitrogen and oxygen atoms in total. The van der Waals surface area contributed by atoms with E-state index in [2.05, 4.69) is 45.4 Å². The minimum absolute atomic E-state index is 0.310. The van der Waals surface area contributed by atoms with Crippen molar-refractivity contribution in [3.05, 3.63) is 76.8 Å². The molecule has 0 amide bonds. The van der Waals surface area contributed by atoms with Crippen molar-refractivity contribution in [1.82, 2.24) is 9.80 Å². The van der Waals surface area contributed by atoms with E-state index >= 15 is 0 Å². The average molecular weight is 447 g/mol. The van der Waals surface area contributed by atoms with Crippen molar-refractivity contribution in [3.8, 4) is 11.5 Å². The zero-order valence-electron chi connectivity index (χ0n) is 17.6. The Morgan fingerprint density at radius 2 is 1.72 bits per heavy atom. The number of hydrogen-bond donors (Lipinski definition) is 1. The molecule has 0 aromatic heterocycles. The van der Waals surface area contributed by atoms with Gasteiger partial charge in [-0.3, -0.25) is 4.90 Å². The van der Waals surface area contributed by atoms with Gasteiger partial charge in [-0.2, -0.15) is 0 Å². The topological polar surface area (TPSA) is 49.3 Å². The number of amidine groups is 1. The van der Waals surface area contributed by atoms with E-state index in [4.69, 9.17) is 26.1 Å². The van der Waals surface area contributed by atoms with Gasteiger partial charge >= 0.3 is 0 Å². The summed E-state index contributed by atoms with van der Waals surface area (Å²) in [5.74, 6) is 2.67. The Balaban J connectivity index is 1.22. The van der Waals surface area contributed by atoms with Crippen LogP contribution in [0.1, 0.15) is 11.1 Å². The molecule has 0 atom stereocenters. The van der Waals surface area contributed by atoms with Gasteiger partial charge < -0.3 is 19.7 Å². The number of aliphatic imine (C=N–C) groups is 1. The maximum atomic E-state index is 6.27. The fraction of sp³-hybridized carbons (Fsp3) is 0.240. The normalized spacial score (nSPS) is 17.2. The smallest absolute Gasteiger partial charge is 0.231 e. The van der Waals surface area contributed by atoms with Gasteiger partial charge in [0.1, 0.15) is 5.84 Å². The zero-order chi connectivity index (χ0) is 21.5. The fourth-order valence-corrected chi connectivity index (χ4v) is 4.63. The molecule has 0 radical (unpaired) electrons. The maximum Gasteiger partial charge on any atom is 0.231 e. The van der Waals surface area contributed by atoms with Crippen LogP contribution in [0.15, 0.2) is 65.7 Å². The van der Waals surface area contributed by atoms with Gasteiger partial charge in [0.05, 0.1) is 11.4 Å². The molecule has 3 aromatic carbocycles. The summed E-state index contributed by atoms with van der Waals surface area (Å²) in [6.45, 7) is 4.95. The molecule has 32 heavy (non-hydrogen) atoms. The number of hydrogen-bond acceptors (Lipinski definition) is 6. The van der Waals surface area contributed by atoms with E-state index in [1.165, 1.54) is 5.56 Å². The van der Waals surface area contributed by atoms with Gasteiger partial charge in [0.25, 0.3) is 0 Å². The van der Waals surface area contributed by atoms with Crippen LogP contribution in [0.25, 0.3) is 0 Å². The highest BCUT2D eigenvalue weighted by Gasteiger charge is 2.25. The average Bonchev–Trinajstić information content (AvgIpc) is 3.21. The van der Waals surface area contributed by atoms with Crippen molar-refractivity contribution in [2.75, 3.05) is 38.3 Å². The summed E-state index contributed by atoms with van der Waals surface area (Å²) in [6.07, 6.45) is 0. The van der Waals surface area contributed by atoms with Gasteiger partial charge in [-0.1, -0.05) is 29.8 Å². The van der Waals surface area contributed by atoms with Crippen LogP contribution < -0.4 is 14.8 Å². The van der Waals surface area contributed by atoms with E-state index in [1.54, 1.807) is 0 Å². The SMILES string of the molecule is Clc1ccc2c(c1)N=C(N1CCN(Cc3ccc4c(c3)OCO4)CC1)c1ccccc1N2. The lowest BCUT2D eigenvalue weighted by molar-refractivity contribution is 0.172. The summed E-state index contributed by atoms with van der Waals surface area (Å²) < 4.78 is 11.0. The van der Waals surface area contributed by atoms with E-state index in [1.807, 2.05) is 30.3 Å². The third kappa shape index (κ3) is 3.66. The van der Waals surface area contributed by atoms with Crippen LogP contribution in [0.4, 0.5) is 17.1 Å². The molecule has 1 saturated heterocycles. The first kappa shape index (κ1) is 19.5. The molecule has 1 fully saturated rings. The van der Waals surface area contributed by atoms with Crippen molar-refractivity contribution in [3.63, 3.8) is 0 Å². The summed E-state index contributed by atoms with van der Waals surface area (Å²) in [7, 11) is 0. The van der Waals surface area contributed by atoms with Gasteiger partial charge in [-0.25, -0.2) is 4.99 Å². The van der Waals surface area contributed by atoms with Gasteiger partial charge in [0, 0.05) is 49.0 Å². The van der Waals surface area contributed by atoms with E-state index in [0.29, 0.717) is 11.8 Å². The number of halogens is 1. The molecule has 3 aromatic rings.